The van der Waals surface area contributed by atoms with Crippen LogP contribution in [0.4, 0.5) is 0 Å². The largest absolute Gasteiger partial charge is 0.328 e. The van der Waals surface area contributed by atoms with Gasteiger partial charge in [-0.3, -0.25) is 0 Å². The van der Waals surface area contributed by atoms with Crippen LogP contribution in [0.15, 0.2) is 48.5 Å². The Morgan fingerprint density at radius 1 is 1.00 bits per heavy atom. The molecule has 0 atom stereocenters. The zero-order valence-electron chi connectivity index (χ0n) is 10.5. The third-order valence-corrected chi connectivity index (χ3v) is 3.37. The van der Waals surface area contributed by atoms with E-state index < -0.39 is 0 Å². The van der Waals surface area contributed by atoms with Gasteiger partial charge in [0.25, 0.3) is 0 Å². The van der Waals surface area contributed by atoms with Crippen molar-refractivity contribution in [3.05, 3.63) is 64.9 Å². The van der Waals surface area contributed by atoms with Crippen LogP contribution in [0.5, 0.6) is 0 Å². The Kier molecular flexibility index (Phi) is 3.10. The third-order valence-electron chi connectivity index (χ3n) is 3.12. The molecular weight excluding hydrogens is 256 g/mol. The molecule has 94 valence electrons. The first-order valence-corrected chi connectivity index (χ1v) is 6.47. The summed E-state index contributed by atoms with van der Waals surface area (Å²) in [6.45, 7) is 0. The highest BCUT2D eigenvalue weighted by molar-refractivity contribution is 6.30. The molecule has 0 saturated carbocycles. The van der Waals surface area contributed by atoms with E-state index in [2.05, 4.69) is 15.6 Å². The summed E-state index contributed by atoms with van der Waals surface area (Å²) in [5.74, 6) is 0.941. The summed E-state index contributed by atoms with van der Waals surface area (Å²) in [7, 11) is 2.02. The Bertz CT molecular complexity index is 739. The van der Waals surface area contributed by atoms with Gasteiger partial charge in [-0.25, -0.2) is 4.98 Å². The van der Waals surface area contributed by atoms with Crippen molar-refractivity contribution in [2.75, 3.05) is 0 Å². The maximum Gasteiger partial charge on any atom is 0.133 e. The molecule has 3 aromatic rings. The van der Waals surface area contributed by atoms with Crippen molar-refractivity contribution in [2.45, 2.75) is 0 Å². The summed E-state index contributed by atoms with van der Waals surface area (Å²) in [6, 6.07) is 15.9. The number of nitrogens with zero attached hydrogens (tertiary/aromatic N) is 2. The number of aromatic nitrogens is 2. The molecule has 0 saturated heterocycles. The highest BCUT2D eigenvalue weighted by Crippen LogP contribution is 2.17. The van der Waals surface area contributed by atoms with Crippen molar-refractivity contribution >= 4 is 34.8 Å². The van der Waals surface area contributed by atoms with E-state index in [0.29, 0.717) is 0 Å². The smallest absolute Gasteiger partial charge is 0.133 e. The molecule has 19 heavy (non-hydrogen) atoms. The third kappa shape index (κ3) is 2.40. The molecule has 0 bridgehead atoms. The molecule has 0 radical (unpaired) electrons. The first-order chi connectivity index (χ1) is 9.24. The molecule has 0 aliphatic carbocycles. The zero-order valence-corrected chi connectivity index (χ0v) is 11.3. The molecule has 0 N–H and O–H groups in total. The first kappa shape index (κ1) is 12.0. The summed E-state index contributed by atoms with van der Waals surface area (Å²) in [5, 5.41) is 0.750. The Morgan fingerprint density at radius 3 is 2.47 bits per heavy atom. The predicted molar refractivity (Wildman–Crippen MR) is 81.1 cm³/mol. The van der Waals surface area contributed by atoms with Gasteiger partial charge in [0.1, 0.15) is 5.82 Å². The fraction of sp³-hybridized carbons (Fsp3) is 0.0625. The number of imidazole rings is 1. The number of para-hydroxylation sites is 2. The van der Waals surface area contributed by atoms with Gasteiger partial charge in [-0.15, -0.1) is 0 Å². The second-order valence-corrected chi connectivity index (χ2v) is 4.84. The van der Waals surface area contributed by atoms with Crippen LogP contribution in [-0.4, -0.2) is 9.55 Å². The molecule has 0 aliphatic heterocycles. The standard InChI is InChI=1S/C16H13ClN2/c1-19-15-5-3-2-4-14(15)18-16(19)11-8-12-6-9-13(17)10-7-12/h2-11H,1H3/b11-8+. The highest BCUT2D eigenvalue weighted by atomic mass is 35.5. The lowest BCUT2D eigenvalue weighted by Gasteiger charge is -1.97. The maximum atomic E-state index is 5.87. The number of halogens is 1. The minimum Gasteiger partial charge on any atom is -0.328 e. The van der Waals surface area contributed by atoms with E-state index in [-0.39, 0.29) is 0 Å². The summed E-state index contributed by atoms with van der Waals surface area (Å²) in [5.41, 5.74) is 3.26. The second-order valence-electron chi connectivity index (χ2n) is 4.40. The van der Waals surface area contributed by atoms with Crippen LogP contribution < -0.4 is 0 Å². The normalized spacial score (nSPS) is 11.5. The Labute approximate surface area is 117 Å². The van der Waals surface area contributed by atoms with Gasteiger partial charge < -0.3 is 4.57 Å². The first-order valence-electron chi connectivity index (χ1n) is 6.09. The van der Waals surface area contributed by atoms with Crippen LogP contribution in [0.1, 0.15) is 11.4 Å². The Balaban J connectivity index is 1.97. The molecule has 2 nitrogen and oxygen atoms in total. The highest BCUT2D eigenvalue weighted by Gasteiger charge is 2.03. The van der Waals surface area contributed by atoms with Gasteiger partial charge in [0.15, 0.2) is 0 Å². The molecule has 0 unspecified atom stereocenters. The van der Waals surface area contributed by atoms with E-state index in [1.165, 1.54) is 0 Å². The van der Waals surface area contributed by atoms with E-state index in [1.54, 1.807) is 0 Å². The van der Waals surface area contributed by atoms with Crippen LogP contribution in [0.2, 0.25) is 5.02 Å². The second kappa shape index (κ2) is 4.90. The van der Waals surface area contributed by atoms with Crippen LogP contribution in [-0.2, 0) is 7.05 Å². The molecule has 1 heterocycles. The van der Waals surface area contributed by atoms with Gasteiger partial charge in [-0.2, -0.15) is 0 Å². The number of fused-ring (bicyclic) bond motifs is 1. The Morgan fingerprint density at radius 2 is 1.74 bits per heavy atom. The summed E-state index contributed by atoms with van der Waals surface area (Å²) in [6.07, 6.45) is 4.06. The van der Waals surface area contributed by atoms with Gasteiger partial charge in [0, 0.05) is 12.1 Å². The monoisotopic (exact) mass is 268 g/mol. The van der Waals surface area contributed by atoms with Crippen LogP contribution in [0, 0.1) is 0 Å². The lowest BCUT2D eigenvalue weighted by atomic mass is 10.2. The minimum absolute atomic E-state index is 0.750. The van der Waals surface area contributed by atoms with Crippen molar-refractivity contribution in [1.29, 1.82) is 0 Å². The van der Waals surface area contributed by atoms with Crippen LogP contribution >= 0.6 is 11.6 Å². The fourth-order valence-electron chi connectivity index (χ4n) is 2.06. The van der Waals surface area contributed by atoms with Gasteiger partial charge in [-0.05, 0) is 35.9 Å². The predicted octanol–water partition coefficient (Wildman–Crippen LogP) is 4.40. The molecule has 3 heteroatoms. The van der Waals surface area contributed by atoms with E-state index in [1.807, 2.05) is 61.7 Å². The molecule has 0 amide bonds. The molecule has 2 aromatic carbocycles. The molecule has 0 spiro atoms. The van der Waals surface area contributed by atoms with Gasteiger partial charge in [-0.1, -0.05) is 41.9 Å². The van der Waals surface area contributed by atoms with Crippen molar-refractivity contribution in [2.24, 2.45) is 7.05 Å². The summed E-state index contributed by atoms with van der Waals surface area (Å²) in [4.78, 5) is 4.59. The minimum atomic E-state index is 0.750. The SMILES string of the molecule is Cn1c(/C=C/c2ccc(Cl)cc2)nc2ccccc21. The number of hydrogen-bond donors (Lipinski definition) is 0. The topological polar surface area (TPSA) is 17.8 Å². The lowest BCUT2D eigenvalue weighted by molar-refractivity contribution is 0.930. The maximum absolute atomic E-state index is 5.87. The molecule has 0 fully saturated rings. The average Bonchev–Trinajstić information content (AvgIpc) is 2.76. The number of benzene rings is 2. The quantitative estimate of drug-likeness (QED) is 0.674. The van der Waals surface area contributed by atoms with Gasteiger partial charge in [0.2, 0.25) is 0 Å². The van der Waals surface area contributed by atoms with E-state index in [4.69, 9.17) is 11.6 Å². The van der Waals surface area contributed by atoms with E-state index in [9.17, 15) is 0 Å². The van der Waals surface area contributed by atoms with Crippen LogP contribution in [0.3, 0.4) is 0 Å². The lowest BCUT2D eigenvalue weighted by Crippen LogP contribution is -1.90. The van der Waals surface area contributed by atoms with Crippen molar-refractivity contribution < 1.29 is 0 Å². The number of rotatable bonds is 2. The van der Waals surface area contributed by atoms with Crippen molar-refractivity contribution in [3.8, 4) is 0 Å². The molecule has 3 rings (SSSR count). The number of hydrogen-bond acceptors (Lipinski definition) is 1. The van der Waals surface area contributed by atoms with E-state index in [0.717, 1.165) is 27.4 Å². The van der Waals surface area contributed by atoms with Crippen molar-refractivity contribution in [3.63, 3.8) is 0 Å². The van der Waals surface area contributed by atoms with Crippen molar-refractivity contribution in [1.82, 2.24) is 9.55 Å². The summed E-state index contributed by atoms with van der Waals surface area (Å²) < 4.78 is 2.09. The fourth-order valence-corrected chi connectivity index (χ4v) is 2.18. The molecule has 1 aromatic heterocycles. The molecular formula is C16H13ClN2. The van der Waals surface area contributed by atoms with Crippen LogP contribution in [0.25, 0.3) is 23.2 Å². The van der Waals surface area contributed by atoms with E-state index >= 15 is 0 Å². The average molecular weight is 269 g/mol. The number of aryl methyl sites for hydroxylation is 1. The molecule has 0 aliphatic rings. The summed E-state index contributed by atoms with van der Waals surface area (Å²) >= 11 is 5.87. The van der Waals surface area contributed by atoms with Gasteiger partial charge in [0.05, 0.1) is 11.0 Å². The van der Waals surface area contributed by atoms with Gasteiger partial charge >= 0.3 is 0 Å². The zero-order chi connectivity index (χ0) is 13.2. The Hall–Kier alpha value is -2.06.